The first kappa shape index (κ1) is 13.1. The molecule has 3 amide bonds. The highest BCUT2D eigenvalue weighted by molar-refractivity contribution is 6.03. The van der Waals surface area contributed by atoms with E-state index in [1.54, 1.807) is 6.07 Å². The number of benzene rings is 1. The van der Waals surface area contributed by atoms with Crippen molar-refractivity contribution >= 4 is 23.6 Å². The summed E-state index contributed by atoms with van der Waals surface area (Å²) in [4.78, 5) is 35.0. The van der Waals surface area contributed by atoms with Crippen LogP contribution in [0.2, 0.25) is 0 Å². The highest BCUT2D eigenvalue weighted by Gasteiger charge is 2.32. The molecule has 1 aromatic carbocycles. The Hall–Kier alpha value is -2.37. The summed E-state index contributed by atoms with van der Waals surface area (Å²) in [6.45, 7) is 3.20. The van der Waals surface area contributed by atoms with Gasteiger partial charge in [-0.05, 0) is 25.5 Å². The predicted octanol–water partition coefficient (Wildman–Crippen LogP) is 1.22. The van der Waals surface area contributed by atoms with Crippen molar-refractivity contribution in [1.29, 1.82) is 0 Å². The van der Waals surface area contributed by atoms with Crippen molar-refractivity contribution in [3.8, 4) is 0 Å². The summed E-state index contributed by atoms with van der Waals surface area (Å²) in [7, 11) is 0. The number of anilines is 1. The molecule has 1 heterocycles. The van der Waals surface area contributed by atoms with Crippen LogP contribution in [0.4, 0.5) is 10.5 Å². The SMILES string of the molecule is Cc1ccc(NC(=O)CN2C(=O)COC2=O)c(C)c1. The van der Waals surface area contributed by atoms with Gasteiger partial charge in [-0.1, -0.05) is 17.7 Å². The molecule has 0 unspecified atom stereocenters. The fourth-order valence-corrected chi connectivity index (χ4v) is 1.82. The number of imide groups is 1. The Bertz CT molecular complexity index is 538. The highest BCUT2D eigenvalue weighted by Crippen LogP contribution is 2.16. The molecule has 2 rings (SSSR count). The van der Waals surface area contributed by atoms with Crippen molar-refractivity contribution in [2.75, 3.05) is 18.5 Å². The second-order valence-electron chi connectivity index (χ2n) is 4.40. The summed E-state index contributed by atoms with van der Waals surface area (Å²) in [5, 5.41) is 2.66. The van der Waals surface area contributed by atoms with E-state index in [1.165, 1.54) is 0 Å². The third-order valence-corrected chi connectivity index (χ3v) is 2.80. The molecule has 6 nitrogen and oxygen atoms in total. The Morgan fingerprint density at radius 3 is 2.68 bits per heavy atom. The number of aryl methyl sites for hydroxylation is 2. The van der Waals surface area contributed by atoms with E-state index in [2.05, 4.69) is 10.1 Å². The van der Waals surface area contributed by atoms with Crippen LogP contribution < -0.4 is 5.32 Å². The average Bonchev–Trinajstić information content (AvgIpc) is 2.65. The predicted molar refractivity (Wildman–Crippen MR) is 67.6 cm³/mol. The molecule has 6 heteroatoms. The van der Waals surface area contributed by atoms with Gasteiger partial charge in [0.2, 0.25) is 5.91 Å². The maximum atomic E-state index is 11.8. The molecule has 0 aliphatic carbocycles. The molecular formula is C13H14N2O4. The van der Waals surface area contributed by atoms with Crippen molar-refractivity contribution in [3.63, 3.8) is 0 Å². The Labute approximate surface area is 110 Å². The van der Waals surface area contributed by atoms with Gasteiger partial charge >= 0.3 is 6.09 Å². The molecule has 0 saturated carbocycles. The van der Waals surface area contributed by atoms with Crippen LogP contribution >= 0.6 is 0 Å². The lowest BCUT2D eigenvalue weighted by Crippen LogP contribution is -2.37. The number of nitrogens with zero attached hydrogens (tertiary/aromatic N) is 1. The molecule has 0 spiro atoms. The van der Waals surface area contributed by atoms with E-state index in [4.69, 9.17) is 0 Å². The number of nitrogens with one attached hydrogen (secondary N) is 1. The summed E-state index contributed by atoms with van der Waals surface area (Å²) in [5.41, 5.74) is 2.67. The summed E-state index contributed by atoms with van der Waals surface area (Å²) in [6.07, 6.45) is -0.777. The maximum absolute atomic E-state index is 11.8. The summed E-state index contributed by atoms with van der Waals surface area (Å²) in [6, 6.07) is 5.59. The van der Waals surface area contributed by atoms with E-state index in [0.29, 0.717) is 5.69 Å². The number of hydrogen-bond acceptors (Lipinski definition) is 4. The molecule has 0 bridgehead atoms. The van der Waals surface area contributed by atoms with Crippen LogP contribution in [0.25, 0.3) is 0 Å². The van der Waals surface area contributed by atoms with Gasteiger partial charge in [0.25, 0.3) is 5.91 Å². The molecule has 1 aliphatic rings. The fraction of sp³-hybridized carbons (Fsp3) is 0.308. The number of amides is 3. The topological polar surface area (TPSA) is 75.7 Å². The van der Waals surface area contributed by atoms with E-state index >= 15 is 0 Å². The molecule has 1 aliphatic heterocycles. The Morgan fingerprint density at radius 1 is 1.37 bits per heavy atom. The number of carbonyl (C=O) groups excluding carboxylic acids is 3. The van der Waals surface area contributed by atoms with Crippen LogP contribution in [-0.4, -0.2) is 36.0 Å². The van der Waals surface area contributed by atoms with Crippen molar-refractivity contribution in [3.05, 3.63) is 29.3 Å². The molecule has 100 valence electrons. The lowest BCUT2D eigenvalue weighted by atomic mass is 10.1. The molecule has 0 radical (unpaired) electrons. The molecular weight excluding hydrogens is 248 g/mol. The highest BCUT2D eigenvalue weighted by atomic mass is 16.6. The van der Waals surface area contributed by atoms with Gasteiger partial charge in [-0.15, -0.1) is 0 Å². The number of ether oxygens (including phenoxy) is 1. The summed E-state index contributed by atoms with van der Waals surface area (Å²) < 4.78 is 4.53. The number of rotatable bonds is 3. The zero-order valence-corrected chi connectivity index (χ0v) is 10.7. The Balaban J connectivity index is 2.01. The standard InChI is InChI=1S/C13H14N2O4/c1-8-3-4-10(9(2)5-8)14-11(16)6-15-12(17)7-19-13(15)18/h3-5H,6-7H2,1-2H3,(H,14,16). The van der Waals surface area contributed by atoms with E-state index in [0.717, 1.165) is 16.0 Å². The number of cyclic esters (lactones) is 1. The van der Waals surface area contributed by atoms with Gasteiger partial charge in [-0.25, -0.2) is 9.69 Å². The minimum Gasteiger partial charge on any atom is -0.439 e. The van der Waals surface area contributed by atoms with Crippen molar-refractivity contribution < 1.29 is 19.1 Å². The van der Waals surface area contributed by atoms with Crippen LogP contribution in [0.1, 0.15) is 11.1 Å². The fourth-order valence-electron chi connectivity index (χ4n) is 1.82. The van der Waals surface area contributed by atoms with Gasteiger partial charge in [0.15, 0.2) is 6.61 Å². The van der Waals surface area contributed by atoms with Crippen LogP contribution in [0, 0.1) is 13.8 Å². The van der Waals surface area contributed by atoms with Gasteiger partial charge in [-0.3, -0.25) is 9.59 Å². The monoisotopic (exact) mass is 262 g/mol. The Kier molecular flexibility index (Phi) is 3.50. The summed E-state index contributed by atoms with van der Waals surface area (Å²) >= 11 is 0. The smallest absolute Gasteiger partial charge is 0.417 e. The van der Waals surface area contributed by atoms with Gasteiger partial charge < -0.3 is 10.1 Å². The van der Waals surface area contributed by atoms with E-state index in [-0.39, 0.29) is 13.2 Å². The normalized spacial score (nSPS) is 14.5. The minimum atomic E-state index is -0.777. The van der Waals surface area contributed by atoms with Gasteiger partial charge in [0.1, 0.15) is 6.54 Å². The third kappa shape index (κ3) is 2.90. The van der Waals surface area contributed by atoms with Gasteiger partial charge in [0, 0.05) is 5.69 Å². The Morgan fingerprint density at radius 2 is 2.11 bits per heavy atom. The quantitative estimate of drug-likeness (QED) is 0.888. The molecule has 1 aromatic rings. The number of carbonyl (C=O) groups is 3. The zero-order chi connectivity index (χ0) is 14.0. The van der Waals surface area contributed by atoms with Crippen LogP contribution in [0.5, 0.6) is 0 Å². The molecule has 1 N–H and O–H groups in total. The lowest BCUT2D eigenvalue weighted by molar-refractivity contribution is -0.129. The van der Waals surface area contributed by atoms with Gasteiger partial charge in [0.05, 0.1) is 0 Å². The van der Waals surface area contributed by atoms with Crippen molar-refractivity contribution in [2.24, 2.45) is 0 Å². The molecule has 1 fully saturated rings. The molecule has 19 heavy (non-hydrogen) atoms. The lowest BCUT2D eigenvalue weighted by Gasteiger charge is -2.12. The first-order valence-electron chi connectivity index (χ1n) is 5.81. The van der Waals surface area contributed by atoms with E-state index in [1.807, 2.05) is 26.0 Å². The molecule has 0 aromatic heterocycles. The van der Waals surface area contributed by atoms with E-state index < -0.39 is 17.9 Å². The maximum Gasteiger partial charge on any atom is 0.417 e. The van der Waals surface area contributed by atoms with Crippen LogP contribution in [0.3, 0.4) is 0 Å². The third-order valence-electron chi connectivity index (χ3n) is 2.80. The second-order valence-corrected chi connectivity index (χ2v) is 4.40. The van der Waals surface area contributed by atoms with Crippen molar-refractivity contribution in [2.45, 2.75) is 13.8 Å². The molecule has 1 saturated heterocycles. The summed E-state index contributed by atoms with van der Waals surface area (Å²) in [5.74, 6) is -0.931. The minimum absolute atomic E-state index is 0.296. The largest absolute Gasteiger partial charge is 0.439 e. The first-order chi connectivity index (χ1) is 8.97. The van der Waals surface area contributed by atoms with Crippen LogP contribution in [0.15, 0.2) is 18.2 Å². The number of hydrogen-bond donors (Lipinski definition) is 1. The zero-order valence-electron chi connectivity index (χ0n) is 10.7. The first-order valence-corrected chi connectivity index (χ1v) is 5.81. The second kappa shape index (κ2) is 5.09. The van der Waals surface area contributed by atoms with Gasteiger partial charge in [-0.2, -0.15) is 0 Å². The molecule has 0 atom stereocenters. The average molecular weight is 262 g/mol. The van der Waals surface area contributed by atoms with E-state index in [9.17, 15) is 14.4 Å². The van der Waals surface area contributed by atoms with Crippen molar-refractivity contribution in [1.82, 2.24) is 4.90 Å². The van der Waals surface area contributed by atoms with Crippen LogP contribution in [-0.2, 0) is 14.3 Å².